The van der Waals surface area contributed by atoms with Crippen LogP contribution in [0.1, 0.15) is 31.2 Å². The summed E-state index contributed by atoms with van der Waals surface area (Å²) in [7, 11) is 0. The highest BCUT2D eigenvalue weighted by Gasteiger charge is 2.17. The largest absolute Gasteiger partial charge is 0.483 e. The first kappa shape index (κ1) is 13.8. The van der Waals surface area contributed by atoms with Crippen LogP contribution in [0, 0.1) is 0 Å². The van der Waals surface area contributed by atoms with Gasteiger partial charge in [-0.2, -0.15) is 0 Å². The maximum absolute atomic E-state index is 11.8. The molecule has 1 saturated carbocycles. The fourth-order valence-corrected chi connectivity index (χ4v) is 2.45. The van der Waals surface area contributed by atoms with Gasteiger partial charge < -0.3 is 15.8 Å². The van der Waals surface area contributed by atoms with Crippen molar-refractivity contribution < 1.29 is 9.53 Å². The van der Waals surface area contributed by atoms with Gasteiger partial charge >= 0.3 is 0 Å². The summed E-state index contributed by atoms with van der Waals surface area (Å²) < 4.78 is 5.49. The third-order valence-electron chi connectivity index (χ3n) is 3.23. The van der Waals surface area contributed by atoms with E-state index in [1.165, 1.54) is 12.8 Å². The third-order valence-corrected chi connectivity index (χ3v) is 3.45. The number of carbonyl (C=O) groups excluding carboxylic acids is 1. The number of amides is 1. The predicted molar refractivity (Wildman–Crippen MR) is 78.2 cm³/mol. The first-order valence-corrected chi connectivity index (χ1v) is 6.88. The SMILES string of the molecule is NC(=S)c1ccccc1OCC(=O)NC1CCCC1. The molecule has 0 spiro atoms. The zero-order valence-electron chi connectivity index (χ0n) is 10.7. The molecule has 1 fully saturated rings. The molecule has 1 aromatic rings. The van der Waals surface area contributed by atoms with Gasteiger partial charge in [0.15, 0.2) is 6.61 Å². The second-order valence-corrected chi connectivity index (χ2v) is 5.14. The van der Waals surface area contributed by atoms with Crippen LogP contribution in [0.2, 0.25) is 0 Å². The Labute approximate surface area is 118 Å². The van der Waals surface area contributed by atoms with Crippen molar-refractivity contribution >= 4 is 23.1 Å². The van der Waals surface area contributed by atoms with Gasteiger partial charge in [-0.1, -0.05) is 37.2 Å². The first-order chi connectivity index (χ1) is 9.16. The van der Waals surface area contributed by atoms with Crippen LogP contribution in [0.25, 0.3) is 0 Å². The molecule has 0 atom stereocenters. The number of benzene rings is 1. The zero-order chi connectivity index (χ0) is 13.7. The Morgan fingerprint density at radius 2 is 2.05 bits per heavy atom. The van der Waals surface area contributed by atoms with Gasteiger partial charge in [-0.15, -0.1) is 0 Å². The van der Waals surface area contributed by atoms with Gasteiger partial charge in [-0.05, 0) is 25.0 Å². The van der Waals surface area contributed by atoms with Crippen LogP contribution in [-0.2, 0) is 4.79 Å². The number of ether oxygens (including phenoxy) is 1. The molecule has 1 aliphatic carbocycles. The minimum atomic E-state index is -0.0929. The molecule has 0 aromatic heterocycles. The maximum atomic E-state index is 11.8. The molecule has 0 radical (unpaired) electrons. The van der Waals surface area contributed by atoms with Gasteiger partial charge in [-0.3, -0.25) is 4.79 Å². The highest BCUT2D eigenvalue weighted by Crippen LogP contribution is 2.19. The van der Waals surface area contributed by atoms with E-state index in [-0.39, 0.29) is 17.5 Å². The second-order valence-electron chi connectivity index (χ2n) is 4.70. The summed E-state index contributed by atoms with van der Waals surface area (Å²) in [5.41, 5.74) is 6.26. The van der Waals surface area contributed by atoms with Crippen molar-refractivity contribution in [2.75, 3.05) is 6.61 Å². The van der Waals surface area contributed by atoms with Crippen LogP contribution in [0.5, 0.6) is 5.75 Å². The molecular weight excluding hydrogens is 260 g/mol. The number of rotatable bonds is 5. The number of para-hydroxylation sites is 1. The topological polar surface area (TPSA) is 64.3 Å². The van der Waals surface area contributed by atoms with Crippen molar-refractivity contribution in [3.05, 3.63) is 29.8 Å². The fraction of sp³-hybridized carbons (Fsp3) is 0.429. The van der Waals surface area contributed by atoms with Gasteiger partial charge in [0.25, 0.3) is 5.91 Å². The van der Waals surface area contributed by atoms with E-state index in [4.69, 9.17) is 22.7 Å². The normalized spacial score (nSPS) is 15.2. The van der Waals surface area contributed by atoms with Crippen LogP contribution in [0.3, 0.4) is 0 Å². The lowest BCUT2D eigenvalue weighted by atomic mass is 10.2. The molecule has 5 heteroatoms. The number of carbonyl (C=O) groups is 1. The molecule has 0 aliphatic heterocycles. The molecule has 1 aliphatic rings. The van der Waals surface area contributed by atoms with Crippen LogP contribution < -0.4 is 15.8 Å². The number of hydrogen-bond acceptors (Lipinski definition) is 3. The molecule has 1 amide bonds. The Balaban J connectivity index is 1.87. The van der Waals surface area contributed by atoms with Crippen molar-refractivity contribution in [2.45, 2.75) is 31.7 Å². The molecule has 1 aromatic carbocycles. The summed E-state index contributed by atoms with van der Waals surface area (Å²) in [6.07, 6.45) is 4.51. The molecular formula is C14H18N2O2S. The van der Waals surface area contributed by atoms with Crippen LogP contribution in [0.15, 0.2) is 24.3 Å². The summed E-state index contributed by atoms with van der Waals surface area (Å²) in [6.45, 7) is -0.00384. The van der Waals surface area contributed by atoms with E-state index >= 15 is 0 Å². The molecule has 4 nitrogen and oxygen atoms in total. The quantitative estimate of drug-likeness (QED) is 0.806. The Morgan fingerprint density at radius 1 is 1.37 bits per heavy atom. The molecule has 19 heavy (non-hydrogen) atoms. The monoisotopic (exact) mass is 278 g/mol. The number of nitrogens with one attached hydrogen (secondary N) is 1. The summed E-state index contributed by atoms with van der Waals surface area (Å²) >= 11 is 4.94. The summed E-state index contributed by atoms with van der Waals surface area (Å²) in [6, 6.07) is 7.51. The molecule has 102 valence electrons. The van der Waals surface area contributed by atoms with E-state index in [0.29, 0.717) is 17.4 Å². The van der Waals surface area contributed by atoms with Crippen molar-refractivity contribution in [1.29, 1.82) is 0 Å². The predicted octanol–water partition coefficient (Wildman–Crippen LogP) is 1.76. The Hall–Kier alpha value is -1.62. The molecule has 0 unspecified atom stereocenters. The second kappa shape index (κ2) is 6.52. The van der Waals surface area contributed by atoms with Crippen molar-refractivity contribution in [3.63, 3.8) is 0 Å². The number of nitrogens with two attached hydrogens (primary N) is 1. The van der Waals surface area contributed by atoms with Crippen molar-refractivity contribution in [3.8, 4) is 5.75 Å². The lowest BCUT2D eigenvalue weighted by Gasteiger charge is -2.13. The Kier molecular flexibility index (Phi) is 4.74. The van der Waals surface area contributed by atoms with E-state index in [1.807, 2.05) is 12.1 Å². The fourth-order valence-electron chi connectivity index (χ4n) is 2.28. The van der Waals surface area contributed by atoms with E-state index in [1.54, 1.807) is 12.1 Å². The minimum Gasteiger partial charge on any atom is -0.483 e. The molecule has 0 heterocycles. The highest BCUT2D eigenvalue weighted by atomic mass is 32.1. The van der Waals surface area contributed by atoms with Gasteiger partial charge in [-0.25, -0.2) is 0 Å². The maximum Gasteiger partial charge on any atom is 0.258 e. The summed E-state index contributed by atoms with van der Waals surface area (Å²) in [4.78, 5) is 12.0. The van der Waals surface area contributed by atoms with Crippen molar-refractivity contribution in [2.24, 2.45) is 5.73 Å². The van der Waals surface area contributed by atoms with Crippen molar-refractivity contribution in [1.82, 2.24) is 5.32 Å². The zero-order valence-corrected chi connectivity index (χ0v) is 11.5. The van der Waals surface area contributed by atoms with Gasteiger partial charge in [0.1, 0.15) is 10.7 Å². The summed E-state index contributed by atoms with van der Waals surface area (Å²) in [5, 5.41) is 2.97. The highest BCUT2D eigenvalue weighted by molar-refractivity contribution is 7.80. The van der Waals surface area contributed by atoms with Gasteiger partial charge in [0, 0.05) is 6.04 Å². The van der Waals surface area contributed by atoms with E-state index < -0.39 is 0 Å². The van der Waals surface area contributed by atoms with E-state index in [9.17, 15) is 4.79 Å². The average molecular weight is 278 g/mol. The smallest absolute Gasteiger partial charge is 0.258 e. The molecule has 0 saturated heterocycles. The van der Waals surface area contributed by atoms with Crippen LogP contribution in [0.4, 0.5) is 0 Å². The number of thiocarbonyl (C=S) groups is 1. The third kappa shape index (κ3) is 3.92. The Morgan fingerprint density at radius 3 is 2.74 bits per heavy atom. The lowest BCUT2D eigenvalue weighted by molar-refractivity contribution is -0.123. The molecule has 2 rings (SSSR count). The lowest BCUT2D eigenvalue weighted by Crippen LogP contribution is -2.36. The summed E-state index contributed by atoms with van der Waals surface area (Å²) in [5.74, 6) is 0.459. The van der Waals surface area contributed by atoms with E-state index in [0.717, 1.165) is 12.8 Å². The first-order valence-electron chi connectivity index (χ1n) is 6.48. The van der Waals surface area contributed by atoms with Gasteiger partial charge in [0.2, 0.25) is 0 Å². The van der Waals surface area contributed by atoms with Gasteiger partial charge in [0.05, 0.1) is 5.56 Å². The van der Waals surface area contributed by atoms with E-state index in [2.05, 4.69) is 5.32 Å². The van der Waals surface area contributed by atoms with Crippen LogP contribution >= 0.6 is 12.2 Å². The number of hydrogen-bond donors (Lipinski definition) is 2. The standard InChI is InChI=1S/C14H18N2O2S/c15-14(19)11-7-3-4-8-12(11)18-9-13(17)16-10-5-1-2-6-10/h3-4,7-8,10H,1-2,5-6,9H2,(H2,15,19)(H,16,17). The molecule has 3 N–H and O–H groups in total. The van der Waals surface area contributed by atoms with Crippen LogP contribution in [-0.4, -0.2) is 23.5 Å². The average Bonchev–Trinajstić information content (AvgIpc) is 2.89. The molecule has 0 bridgehead atoms. The Bertz CT molecular complexity index is 470. The minimum absolute atomic E-state index is 0.00384.